The van der Waals surface area contributed by atoms with Crippen LogP contribution >= 0.6 is 0 Å². The monoisotopic (exact) mass is 297 g/mol. The highest BCUT2D eigenvalue weighted by Gasteiger charge is 1.98. The lowest BCUT2D eigenvalue weighted by atomic mass is 10.1. The Morgan fingerprint density at radius 3 is 2.10 bits per heavy atom. The molecule has 0 aromatic carbocycles. The van der Waals surface area contributed by atoms with Crippen molar-refractivity contribution in [3.8, 4) is 0 Å². The summed E-state index contributed by atoms with van der Waals surface area (Å²) in [7, 11) is 0. The van der Waals surface area contributed by atoms with Crippen LogP contribution in [0.25, 0.3) is 0 Å². The van der Waals surface area contributed by atoms with Crippen LogP contribution in [0, 0.1) is 0 Å². The first-order valence-electron chi connectivity index (χ1n) is 7.72. The van der Waals surface area contributed by atoms with Gasteiger partial charge in [0.05, 0.1) is 6.61 Å². The highest BCUT2D eigenvalue weighted by atomic mass is 16.5. The minimum Gasteiger partial charge on any atom is -0.463 e. The zero-order valence-electron chi connectivity index (χ0n) is 13.9. The summed E-state index contributed by atoms with van der Waals surface area (Å²) in [6.45, 7) is 13.6. The first-order valence-corrected chi connectivity index (χ1v) is 7.72. The highest BCUT2D eigenvalue weighted by Crippen LogP contribution is 2.03. The molecule has 0 aliphatic rings. The summed E-state index contributed by atoms with van der Waals surface area (Å²) in [4.78, 5) is 21.1. The van der Waals surface area contributed by atoms with Crippen molar-refractivity contribution in [3.05, 3.63) is 24.8 Å². The van der Waals surface area contributed by atoms with E-state index in [9.17, 15) is 9.59 Å². The van der Waals surface area contributed by atoms with Crippen LogP contribution in [0.1, 0.15) is 59.3 Å². The Morgan fingerprint density at radius 1 is 1.10 bits per heavy atom. The molecule has 0 heterocycles. The van der Waals surface area contributed by atoms with Crippen LogP contribution in [-0.4, -0.2) is 25.0 Å². The molecule has 0 radical (unpaired) electrons. The molecule has 0 atom stereocenters. The van der Waals surface area contributed by atoms with Crippen LogP contribution < -0.4 is 5.32 Å². The molecule has 0 rings (SSSR count). The Balaban J connectivity index is 0. The zero-order chi connectivity index (χ0) is 16.5. The maximum atomic E-state index is 10.7. The van der Waals surface area contributed by atoms with E-state index < -0.39 is 0 Å². The molecule has 0 aliphatic heterocycles. The van der Waals surface area contributed by atoms with E-state index >= 15 is 0 Å². The SMILES string of the molecule is C=C(C)C(=O)OCC.C=CC(=O)NCCCCCCCC. The minimum atomic E-state index is -0.312. The molecule has 1 amide bonds. The van der Waals surface area contributed by atoms with Crippen molar-refractivity contribution in [1.82, 2.24) is 5.32 Å². The predicted molar refractivity (Wildman–Crippen MR) is 88.0 cm³/mol. The third kappa shape index (κ3) is 18.4. The smallest absolute Gasteiger partial charge is 0.333 e. The van der Waals surface area contributed by atoms with E-state index in [0.717, 1.165) is 13.0 Å². The van der Waals surface area contributed by atoms with Gasteiger partial charge in [0.2, 0.25) is 5.91 Å². The standard InChI is InChI=1S/C11H21NO.C6H10O2/c1-3-5-6-7-8-9-10-12-11(13)4-2;1-4-8-6(7)5(2)3/h4H,2-3,5-10H2,1H3,(H,12,13);2,4H2,1,3H3. The highest BCUT2D eigenvalue weighted by molar-refractivity contribution is 5.87. The van der Waals surface area contributed by atoms with Crippen LogP contribution in [-0.2, 0) is 14.3 Å². The molecule has 0 aliphatic carbocycles. The lowest BCUT2D eigenvalue weighted by Crippen LogP contribution is -2.21. The van der Waals surface area contributed by atoms with Crippen molar-refractivity contribution >= 4 is 11.9 Å². The molecule has 0 bridgehead atoms. The molecule has 4 heteroatoms. The van der Waals surface area contributed by atoms with Crippen LogP contribution in [0.4, 0.5) is 0 Å². The van der Waals surface area contributed by atoms with Crippen molar-refractivity contribution in [2.75, 3.05) is 13.2 Å². The molecule has 0 saturated carbocycles. The Morgan fingerprint density at radius 2 is 1.67 bits per heavy atom. The van der Waals surface area contributed by atoms with Gasteiger partial charge in [0, 0.05) is 12.1 Å². The normalized spacial score (nSPS) is 9.10. The van der Waals surface area contributed by atoms with E-state index in [1.165, 1.54) is 38.2 Å². The Labute approximate surface area is 129 Å². The summed E-state index contributed by atoms with van der Waals surface area (Å²) >= 11 is 0. The third-order valence-electron chi connectivity index (χ3n) is 2.64. The topological polar surface area (TPSA) is 55.4 Å². The number of hydrogen-bond donors (Lipinski definition) is 1. The molecule has 1 N–H and O–H groups in total. The molecule has 0 unspecified atom stereocenters. The van der Waals surface area contributed by atoms with Gasteiger partial charge in [-0.1, -0.05) is 52.2 Å². The van der Waals surface area contributed by atoms with Gasteiger partial charge in [-0.15, -0.1) is 0 Å². The molecule has 21 heavy (non-hydrogen) atoms. The first kappa shape index (κ1) is 21.7. The summed E-state index contributed by atoms with van der Waals surface area (Å²) in [5.74, 6) is -0.374. The van der Waals surface area contributed by atoms with Crippen LogP contribution in [0.3, 0.4) is 0 Å². The van der Waals surface area contributed by atoms with E-state index in [1.807, 2.05) is 0 Å². The molecule has 0 aromatic rings. The maximum absolute atomic E-state index is 10.7. The zero-order valence-corrected chi connectivity index (χ0v) is 13.9. The fourth-order valence-electron chi connectivity index (χ4n) is 1.44. The van der Waals surface area contributed by atoms with Gasteiger partial charge in [0.25, 0.3) is 0 Å². The Bertz CT molecular complexity index is 311. The number of ether oxygens (including phenoxy) is 1. The van der Waals surface area contributed by atoms with Gasteiger partial charge in [0.15, 0.2) is 0 Å². The molecule has 122 valence electrons. The maximum Gasteiger partial charge on any atom is 0.333 e. The summed E-state index contributed by atoms with van der Waals surface area (Å²) in [5, 5.41) is 2.77. The Kier molecular flexibility index (Phi) is 17.0. The second-order valence-corrected chi connectivity index (χ2v) is 4.76. The van der Waals surface area contributed by atoms with E-state index in [2.05, 4.69) is 30.1 Å². The van der Waals surface area contributed by atoms with Crippen molar-refractivity contribution in [2.24, 2.45) is 0 Å². The Hall–Kier alpha value is -1.58. The molecular weight excluding hydrogens is 266 g/mol. The van der Waals surface area contributed by atoms with Gasteiger partial charge in [-0.25, -0.2) is 4.79 Å². The van der Waals surface area contributed by atoms with E-state index in [4.69, 9.17) is 0 Å². The minimum absolute atomic E-state index is 0.0615. The molecule has 4 nitrogen and oxygen atoms in total. The van der Waals surface area contributed by atoms with E-state index in [-0.39, 0.29) is 11.9 Å². The fraction of sp³-hybridized carbons (Fsp3) is 0.647. The molecule has 0 spiro atoms. The second-order valence-electron chi connectivity index (χ2n) is 4.76. The lowest BCUT2D eigenvalue weighted by Gasteiger charge is -2.01. The van der Waals surface area contributed by atoms with Crippen molar-refractivity contribution in [1.29, 1.82) is 0 Å². The van der Waals surface area contributed by atoms with Gasteiger partial charge < -0.3 is 10.1 Å². The van der Waals surface area contributed by atoms with Gasteiger partial charge in [-0.3, -0.25) is 4.79 Å². The lowest BCUT2D eigenvalue weighted by molar-refractivity contribution is -0.138. The quantitative estimate of drug-likeness (QED) is 0.379. The fourth-order valence-corrected chi connectivity index (χ4v) is 1.44. The van der Waals surface area contributed by atoms with E-state index in [0.29, 0.717) is 12.2 Å². The third-order valence-corrected chi connectivity index (χ3v) is 2.64. The molecule has 0 saturated heterocycles. The summed E-state index contributed by atoms with van der Waals surface area (Å²) in [6, 6.07) is 0. The van der Waals surface area contributed by atoms with Crippen molar-refractivity contribution in [3.63, 3.8) is 0 Å². The number of unbranched alkanes of at least 4 members (excludes halogenated alkanes) is 5. The predicted octanol–water partition coefficient (Wildman–Crippen LogP) is 3.77. The number of carbonyl (C=O) groups is 2. The number of amides is 1. The van der Waals surface area contributed by atoms with Crippen LogP contribution in [0.15, 0.2) is 24.8 Å². The largest absolute Gasteiger partial charge is 0.463 e. The van der Waals surface area contributed by atoms with Crippen molar-refractivity contribution < 1.29 is 14.3 Å². The second kappa shape index (κ2) is 16.5. The molecule has 0 fully saturated rings. The van der Waals surface area contributed by atoms with Gasteiger partial charge in [-0.05, 0) is 26.3 Å². The number of rotatable bonds is 10. The number of hydrogen-bond acceptors (Lipinski definition) is 3. The van der Waals surface area contributed by atoms with E-state index in [1.54, 1.807) is 13.8 Å². The van der Waals surface area contributed by atoms with Gasteiger partial charge in [0.1, 0.15) is 0 Å². The molecular formula is C17H31NO3. The first-order chi connectivity index (χ1) is 9.99. The summed E-state index contributed by atoms with van der Waals surface area (Å²) in [5.41, 5.74) is 0.451. The summed E-state index contributed by atoms with van der Waals surface area (Å²) in [6.07, 6.45) is 8.85. The summed E-state index contributed by atoms with van der Waals surface area (Å²) < 4.78 is 4.56. The number of esters is 1. The van der Waals surface area contributed by atoms with Gasteiger partial charge in [-0.2, -0.15) is 0 Å². The number of carbonyl (C=O) groups excluding carboxylic acids is 2. The van der Waals surface area contributed by atoms with Crippen LogP contribution in [0.5, 0.6) is 0 Å². The average Bonchev–Trinajstić information content (AvgIpc) is 2.46. The van der Waals surface area contributed by atoms with Crippen molar-refractivity contribution in [2.45, 2.75) is 59.3 Å². The van der Waals surface area contributed by atoms with Crippen LogP contribution in [0.2, 0.25) is 0 Å². The van der Waals surface area contributed by atoms with Gasteiger partial charge >= 0.3 is 5.97 Å². The average molecular weight is 297 g/mol. The molecule has 0 aromatic heterocycles. The number of nitrogens with one attached hydrogen (secondary N) is 1.